The number of hydrogen-bond donors (Lipinski definition) is 0. The molecule has 2 aromatic rings. The Morgan fingerprint density at radius 1 is 1.21 bits per heavy atom. The zero-order valence-electron chi connectivity index (χ0n) is 10.2. The van der Waals surface area contributed by atoms with E-state index in [1.165, 1.54) is 19.2 Å². The third-order valence-corrected chi connectivity index (χ3v) is 2.72. The lowest BCUT2D eigenvalue weighted by Crippen LogP contribution is -2.02. The van der Waals surface area contributed by atoms with Gasteiger partial charge in [-0.3, -0.25) is 4.79 Å². The van der Waals surface area contributed by atoms with E-state index >= 15 is 0 Å². The Balaban J connectivity index is 2.59. The zero-order valence-corrected chi connectivity index (χ0v) is 10.2. The highest BCUT2D eigenvalue weighted by atomic mass is 19.1. The predicted octanol–water partition coefficient (Wildman–Crippen LogP) is 3.09. The van der Waals surface area contributed by atoms with Gasteiger partial charge in [0.1, 0.15) is 5.82 Å². The molecule has 0 atom stereocenters. The summed E-state index contributed by atoms with van der Waals surface area (Å²) in [5.41, 5.74) is 1.58. The summed E-state index contributed by atoms with van der Waals surface area (Å²) >= 11 is 0. The van der Waals surface area contributed by atoms with Gasteiger partial charge in [0, 0.05) is 5.56 Å². The summed E-state index contributed by atoms with van der Waals surface area (Å²) in [6, 6.07) is 10.6. The molecule has 0 aromatic heterocycles. The van der Waals surface area contributed by atoms with E-state index in [1.807, 2.05) is 0 Å². The van der Waals surface area contributed by atoms with E-state index in [0.717, 1.165) is 6.07 Å². The Hall–Kier alpha value is -2.49. The highest BCUT2D eigenvalue weighted by molar-refractivity contribution is 5.93. The van der Waals surface area contributed by atoms with E-state index in [1.54, 1.807) is 24.3 Å². The van der Waals surface area contributed by atoms with Crippen LogP contribution in [0.5, 0.6) is 0 Å². The molecule has 0 radical (unpaired) electrons. The van der Waals surface area contributed by atoms with Gasteiger partial charge in [0.2, 0.25) is 0 Å². The predicted molar refractivity (Wildman–Crippen MR) is 68.6 cm³/mol. The van der Waals surface area contributed by atoms with Crippen LogP contribution in [0.2, 0.25) is 0 Å². The average Bonchev–Trinajstić information content (AvgIpc) is 2.45. The highest BCUT2D eigenvalue weighted by Gasteiger charge is 2.11. The molecule has 0 saturated carbocycles. The minimum atomic E-state index is -0.621. The molecule has 0 bridgehead atoms. The fourth-order valence-corrected chi connectivity index (χ4v) is 1.84. The molecule has 0 aliphatic rings. The Bertz CT molecular complexity index is 635. The second kappa shape index (κ2) is 5.44. The summed E-state index contributed by atoms with van der Waals surface area (Å²) in [4.78, 5) is 22.4. The number of halogens is 1. The summed E-state index contributed by atoms with van der Waals surface area (Å²) in [5.74, 6) is -1.18. The number of rotatable bonds is 3. The van der Waals surface area contributed by atoms with Crippen LogP contribution < -0.4 is 0 Å². The quantitative estimate of drug-likeness (QED) is 0.627. The van der Waals surface area contributed by atoms with Crippen LogP contribution in [-0.2, 0) is 4.74 Å². The number of aldehydes is 1. The van der Waals surface area contributed by atoms with Crippen LogP contribution in [0.1, 0.15) is 20.7 Å². The van der Waals surface area contributed by atoms with Crippen molar-refractivity contribution in [2.45, 2.75) is 0 Å². The molecule has 0 spiro atoms. The molecule has 0 amide bonds. The minimum Gasteiger partial charge on any atom is -0.465 e. The summed E-state index contributed by atoms with van der Waals surface area (Å²) in [6.07, 6.45) is 0.693. The summed E-state index contributed by atoms with van der Waals surface area (Å²) in [5, 5.41) is 0. The van der Waals surface area contributed by atoms with Crippen LogP contribution in [0.4, 0.5) is 4.39 Å². The van der Waals surface area contributed by atoms with E-state index in [0.29, 0.717) is 23.0 Å². The van der Waals surface area contributed by atoms with Crippen molar-refractivity contribution < 1.29 is 18.7 Å². The first-order valence-electron chi connectivity index (χ1n) is 5.59. The van der Waals surface area contributed by atoms with E-state index in [9.17, 15) is 14.0 Å². The third kappa shape index (κ3) is 2.68. The van der Waals surface area contributed by atoms with Gasteiger partial charge in [-0.2, -0.15) is 0 Å². The second-order valence-electron chi connectivity index (χ2n) is 3.93. The number of benzene rings is 2. The molecular weight excluding hydrogens is 247 g/mol. The van der Waals surface area contributed by atoms with Crippen molar-refractivity contribution in [1.82, 2.24) is 0 Å². The molecule has 0 aliphatic heterocycles. The number of methoxy groups -OCH3 is 1. The van der Waals surface area contributed by atoms with Crippen LogP contribution in [0.15, 0.2) is 42.5 Å². The number of carbonyl (C=O) groups is 2. The van der Waals surface area contributed by atoms with E-state index in [4.69, 9.17) is 0 Å². The van der Waals surface area contributed by atoms with Gasteiger partial charge in [-0.15, -0.1) is 0 Å². The maximum absolute atomic E-state index is 13.5. The first-order chi connectivity index (χ1) is 9.15. The van der Waals surface area contributed by atoms with Gasteiger partial charge in [0.25, 0.3) is 0 Å². The number of carbonyl (C=O) groups excluding carboxylic acids is 2. The Kier molecular flexibility index (Phi) is 3.71. The Labute approximate surface area is 109 Å². The van der Waals surface area contributed by atoms with Crippen molar-refractivity contribution in [1.29, 1.82) is 0 Å². The van der Waals surface area contributed by atoms with Gasteiger partial charge in [-0.25, -0.2) is 9.18 Å². The molecule has 0 aliphatic carbocycles. The van der Waals surface area contributed by atoms with E-state index in [2.05, 4.69) is 4.74 Å². The molecule has 2 rings (SSSR count). The topological polar surface area (TPSA) is 43.4 Å². The SMILES string of the molecule is COC(=O)c1cc(F)cc(-c2ccccc2C=O)c1. The van der Waals surface area contributed by atoms with Crippen molar-refractivity contribution in [3.8, 4) is 11.1 Å². The van der Waals surface area contributed by atoms with Crippen LogP contribution in [-0.4, -0.2) is 19.4 Å². The number of esters is 1. The van der Waals surface area contributed by atoms with E-state index < -0.39 is 11.8 Å². The van der Waals surface area contributed by atoms with E-state index in [-0.39, 0.29) is 5.56 Å². The molecule has 96 valence electrons. The van der Waals surface area contributed by atoms with Crippen molar-refractivity contribution in [2.75, 3.05) is 7.11 Å². The fourth-order valence-electron chi connectivity index (χ4n) is 1.84. The van der Waals surface area contributed by atoms with Crippen molar-refractivity contribution in [3.63, 3.8) is 0 Å². The lowest BCUT2D eigenvalue weighted by molar-refractivity contribution is 0.0600. The standard InChI is InChI=1S/C15H11FO3/c1-19-15(18)12-6-11(7-13(16)8-12)14-5-3-2-4-10(14)9-17/h2-9H,1H3. The van der Waals surface area contributed by atoms with Gasteiger partial charge in [0.05, 0.1) is 12.7 Å². The summed E-state index contributed by atoms with van der Waals surface area (Å²) in [6.45, 7) is 0. The monoisotopic (exact) mass is 258 g/mol. The normalized spacial score (nSPS) is 10.0. The number of hydrogen-bond acceptors (Lipinski definition) is 3. The smallest absolute Gasteiger partial charge is 0.337 e. The fraction of sp³-hybridized carbons (Fsp3) is 0.0667. The number of ether oxygens (including phenoxy) is 1. The average molecular weight is 258 g/mol. The largest absolute Gasteiger partial charge is 0.465 e. The highest BCUT2D eigenvalue weighted by Crippen LogP contribution is 2.25. The Morgan fingerprint density at radius 2 is 1.95 bits per heavy atom. The van der Waals surface area contributed by atoms with Crippen LogP contribution >= 0.6 is 0 Å². The molecule has 0 N–H and O–H groups in total. The van der Waals surface area contributed by atoms with Crippen molar-refractivity contribution >= 4 is 12.3 Å². The van der Waals surface area contributed by atoms with Crippen molar-refractivity contribution in [3.05, 3.63) is 59.4 Å². The zero-order chi connectivity index (χ0) is 13.8. The molecule has 2 aromatic carbocycles. The van der Waals surface area contributed by atoms with Gasteiger partial charge >= 0.3 is 5.97 Å². The molecule has 3 nitrogen and oxygen atoms in total. The first kappa shape index (κ1) is 13.0. The maximum Gasteiger partial charge on any atom is 0.337 e. The Morgan fingerprint density at radius 3 is 2.63 bits per heavy atom. The van der Waals surface area contributed by atoms with Crippen LogP contribution in [0.25, 0.3) is 11.1 Å². The molecular formula is C15H11FO3. The summed E-state index contributed by atoms with van der Waals surface area (Å²) < 4.78 is 18.1. The van der Waals surface area contributed by atoms with Gasteiger partial charge < -0.3 is 4.74 Å². The van der Waals surface area contributed by atoms with Gasteiger partial charge in [-0.05, 0) is 29.3 Å². The van der Waals surface area contributed by atoms with Crippen molar-refractivity contribution in [2.24, 2.45) is 0 Å². The molecule has 0 fully saturated rings. The molecule has 0 saturated heterocycles. The molecule has 0 heterocycles. The molecule has 0 unspecified atom stereocenters. The second-order valence-corrected chi connectivity index (χ2v) is 3.93. The van der Waals surface area contributed by atoms with Gasteiger partial charge in [-0.1, -0.05) is 24.3 Å². The lowest BCUT2D eigenvalue weighted by Gasteiger charge is -2.07. The minimum absolute atomic E-state index is 0.109. The molecule has 4 heteroatoms. The van der Waals surface area contributed by atoms with Gasteiger partial charge in [0.15, 0.2) is 6.29 Å². The van der Waals surface area contributed by atoms with Crippen LogP contribution in [0, 0.1) is 5.82 Å². The first-order valence-corrected chi connectivity index (χ1v) is 5.59. The lowest BCUT2D eigenvalue weighted by atomic mass is 9.98. The maximum atomic E-state index is 13.5. The van der Waals surface area contributed by atoms with Crippen LogP contribution in [0.3, 0.4) is 0 Å². The molecule has 19 heavy (non-hydrogen) atoms. The summed E-state index contributed by atoms with van der Waals surface area (Å²) in [7, 11) is 1.23. The third-order valence-electron chi connectivity index (χ3n) is 2.72.